The van der Waals surface area contributed by atoms with Crippen LogP contribution < -0.4 is 16.0 Å². The molecule has 28 heavy (non-hydrogen) atoms. The molecule has 0 aliphatic heterocycles. The highest BCUT2D eigenvalue weighted by atomic mass is 127. The van der Waals surface area contributed by atoms with E-state index in [1.807, 2.05) is 38.1 Å². The van der Waals surface area contributed by atoms with Crippen molar-refractivity contribution in [1.82, 2.24) is 21.1 Å². The molecule has 1 aromatic carbocycles. The summed E-state index contributed by atoms with van der Waals surface area (Å²) >= 11 is 0. The predicted molar refractivity (Wildman–Crippen MR) is 122 cm³/mol. The first-order chi connectivity index (χ1) is 13.0. The highest BCUT2D eigenvalue weighted by molar-refractivity contribution is 14.0. The average molecular weight is 499 g/mol. The summed E-state index contributed by atoms with van der Waals surface area (Å²) in [7, 11) is 0. The zero-order valence-electron chi connectivity index (χ0n) is 16.9. The summed E-state index contributed by atoms with van der Waals surface area (Å²) in [6, 6.07) is 9.46. The Morgan fingerprint density at radius 3 is 2.54 bits per heavy atom. The summed E-state index contributed by atoms with van der Waals surface area (Å²) < 4.78 is 5.34. The van der Waals surface area contributed by atoms with Crippen molar-refractivity contribution in [2.24, 2.45) is 4.99 Å². The number of guanidine groups is 1. The van der Waals surface area contributed by atoms with Crippen LogP contribution in [0.15, 0.2) is 39.8 Å². The number of rotatable bonds is 8. The van der Waals surface area contributed by atoms with Gasteiger partial charge in [0.25, 0.3) is 5.91 Å². The van der Waals surface area contributed by atoms with E-state index < -0.39 is 0 Å². The number of hydrogen-bond donors (Lipinski definition) is 3. The predicted octanol–water partition coefficient (Wildman–Crippen LogP) is 3.42. The van der Waals surface area contributed by atoms with Crippen LogP contribution in [0.1, 0.15) is 61.0 Å². The molecule has 0 saturated heterocycles. The Labute approximate surface area is 183 Å². The molecule has 1 amide bonds. The molecule has 8 heteroatoms. The number of aromatic nitrogens is 1. The van der Waals surface area contributed by atoms with Crippen LogP contribution in [-0.4, -0.2) is 30.1 Å². The SMILES string of the molecule is CCNC(=O)c1cccc(CN=C(NCC)NCc2cc(C(C)C)no2)c1.I. The van der Waals surface area contributed by atoms with Crippen molar-refractivity contribution in [2.45, 2.75) is 46.7 Å². The maximum Gasteiger partial charge on any atom is 0.251 e. The van der Waals surface area contributed by atoms with Gasteiger partial charge in [-0.15, -0.1) is 24.0 Å². The summed E-state index contributed by atoms with van der Waals surface area (Å²) in [5.41, 5.74) is 2.55. The molecule has 0 unspecified atom stereocenters. The topological polar surface area (TPSA) is 91.5 Å². The van der Waals surface area contributed by atoms with E-state index in [2.05, 4.69) is 39.9 Å². The van der Waals surface area contributed by atoms with Gasteiger partial charge in [0, 0.05) is 24.7 Å². The molecular formula is C20H30IN5O2. The Hall–Kier alpha value is -2.10. The first kappa shape index (κ1) is 23.9. The summed E-state index contributed by atoms with van der Waals surface area (Å²) in [5, 5.41) is 13.3. The number of benzene rings is 1. The molecule has 0 saturated carbocycles. The van der Waals surface area contributed by atoms with Crippen molar-refractivity contribution in [3.8, 4) is 0 Å². The minimum atomic E-state index is -0.0698. The third kappa shape index (κ3) is 7.49. The molecule has 0 atom stereocenters. The molecule has 2 rings (SSSR count). The molecule has 154 valence electrons. The van der Waals surface area contributed by atoms with Crippen LogP contribution in [0.2, 0.25) is 0 Å². The third-order valence-corrected chi connectivity index (χ3v) is 3.89. The van der Waals surface area contributed by atoms with E-state index in [0.29, 0.717) is 37.1 Å². The zero-order chi connectivity index (χ0) is 19.6. The van der Waals surface area contributed by atoms with E-state index in [-0.39, 0.29) is 29.9 Å². The van der Waals surface area contributed by atoms with Crippen LogP contribution in [-0.2, 0) is 13.1 Å². The number of nitrogens with one attached hydrogen (secondary N) is 3. The van der Waals surface area contributed by atoms with E-state index in [1.165, 1.54) is 0 Å². The number of amides is 1. The molecule has 7 nitrogen and oxygen atoms in total. The monoisotopic (exact) mass is 499 g/mol. The van der Waals surface area contributed by atoms with Crippen molar-refractivity contribution in [3.63, 3.8) is 0 Å². The van der Waals surface area contributed by atoms with Gasteiger partial charge in [-0.25, -0.2) is 4.99 Å². The Morgan fingerprint density at radius 1 is 1.14 bits per heavy atom. The van der Waals surface area contributed by atoms with Gasteiger partial charge in [-0.3, -0.25) is 4.79 Å². The lowest BCUT2D eigenvalue weighted by molar-refractivity contribution is 0.0955. The van der Waals surface area contributed by atoms with Crippen LogP contribution in [0.25, 0.3) is 0 Å². The van der Waals surface area contributed by atoms with Crippen LogP contribution >= 0.6 is 24.0 Å². The molecule has 0 radical (unpaired) electrons. The Bertz CT molecular complexity index is 773. The summed E-state index contributed by atoms with van der Waals surface area (Å²) in [6.45, 7) is 10.4. The Balaban J connectivity index is 0.00000392. The molecule has 2 aromatic rings. The van der Waals surface area contributed by atoms with E-state index in [1.54, 1.807) is 6.07 Å². The number of carbonyl (C=O) groups is 1. The number of carbonyl (C=O) groups excluding carboxylic acids is 1. The number of nitrogens with zero attached hydrogens (tertiary/aromatic N) is 2. The van der Waals surface area contributed by atoms with Gasteiger partial charge in [-0.2, -0.15) is 0 Å². The third-order valence-electron chi connectivity index (χ3n) is 3.89. The van der Waals surface area contributed by atoms with Gasteiger partial charge >= 0.3 is 0 Å². The molecular weight excluding hydrogens is 469 g/mol. The average Bonchev–Trinajstić information content (AvgIpc) is 3.14. The molecule has 0 bridgehead atoms. The first-order valence-electron chi connectivity index (χ1n) is 9.38. The van der Waals surface area contributed by atoms with Crippen molar-refractivity contribution >= 4 is 35.8 Å². The molecule has 0 spiro atoms. The van der Waals surface area contributed by atoms with Gasteiger partial charge in [0.1, 0.15) is 0 Å². The van der Waals surface area contributed by atoms with Gasteiger partial charge in [-0.1, -0.05) is 31.1 Å². The number of hydrogen-bond acceptors (Lipinski definition) is 4. The van der Waals surface area contributed by atoms with E-state index in [4.69, 9.17) is 4.52 Å². The fourth-order valence-corrected chi connectivity index (χ4v) is 2.44. The highest BCUT2D eigenvalue weighted by Crippen LogP contribution is 2.13. The van der Waals surface area contributed by atoms with Crippen LogP contribution in [0, 0.1) is 0 Å². The van der Waals surface area contributed by atoms with Crippen LogP contribution in [0.3, 0.4) is 0 Å². The van der Waals surface area contributed by atoms with E-state index in [9.17, 15) is 4.79 Å². The maximum atomic E-state index is 12.0. The van der Waals surface area contributed by atoms with Crippen molar-refractivity contribution in [3.05, 3.63) is 52.9 Å². The van der Waals surface area contributed by atoms with Gasteiger partial charge in [0.15, 0.2) is 11.7 Å². The van der Waals surface area contributed by atoms with Crippen LogP contribution in [0.5, 0.6) is 0 Å². The number of halogens is 1. The normalized spacial score (nSPS) is 11.1. The summed E-state index contributed by atoms with van der Waals surface area (Å²) in [6.07, 6.45) is 0. The van der Waals surface area contributed by atoms with Gasteiger partial charge in [-0.05, 0) is 37.5 Å². The molecule has 1 aromatic heterocycles. The lowest BCUT2D eigenvalue weighted by atomic mass is 10.1. The zero-order valence-corrected chi connectivity index (χ0v) is 19.2. The quantitative estimate of drug-likeness (QED) is 0.294. The molecule has 0 aliphatic rings. The van der Waals surface area contributed by atoms with Crippen molar-refractivity contribution in [1.29, 1.82) is 0 Å². The first-order valence-corrected chi connectivity index (χ1v) is 9.38. The molecule has 1 heterocycles. The highest BCUT2D eigenvalue weighted by Gasteiger charge is 2.08. The fraction of sp³-hybridized carbons (Fsp3) is 0.450. The maximum absolute atomic E-state index is 12.0. The lowest BCUT2D eigenvalue weighted by Gasteiger charge is -2.10. The number of aliphatic imine (C=N–C) groups is 1. The van der Waals surface area contributed by atoms with Gasteiger partial charge in [0.2, 0.25) is 0 Å². The minimum absolute atomic E-state index is 0. The molecule has 0 aliphatic carbocycles. The van der Waals surface area contributed by atoms with Crippen molar-refractivity contribution < 1.29 is 9.32 Å². The molecule has 0 fully saturated rings. The Kier molecular flexibility index (Phi) is 10.6. The Morgan fingerprint density at radius 2 is 1.89 bits per heavy atom. The molecule has 3 N–H and O–H groups in total. The summed E-state index contributed by atoms with van der Waals surface area (Å²) in [5.74, 6) is 1.71. The van der Waals surface area contributed by atoms with E-state index in [0.717, 1.165) is 23.6 Å². The second kappa shape index (κ2) is 12.4. The minimum Gasteiger partial charge on any atom is -0.359 e. The summed E-state index contributed by atoms with van der Waals surface area (Å²) in [4.78, 5) is 16.5. The van der Waals surface area contributed by atoms with Crippen LogP contribution in [0.4, 0.5) is 0 Å². The van der Waals surface area contributed by atoms with Gasteiger partial charge in [0.05, 0.1) is 18.8 Å². The largest absolute Gasteiger partial charge is 0.359 e. The second-order valence-electron chi connectivity index (χ2n) is 6.48. The standard InChI is InChI=1S/C20H29N5O2.HI/c1-5-21-19(26)16-9-7-8-15(10-16)12-23-20(22-6-2)24-13-17-11-18(14(3)4)25-27-17;/h7-11,14H,5-6,12-13H2,1-4H3,(H,21,26)(H2,22,23,24);1H. The second-order valence-corrected chi connectivity index (χ2v) is 6.48. The van der Waals surface area contributed by atoms with E-state index >= 15 is 0 Å². The van der Waals surface area contributed by atoms with Gasteiger partial charge < -0.3 is 20.5 Å². The van der Waals surface area contributed by atoms with Crippen molar-refractivity contribution in [2.75, 3.05) is 13.1 Å². The fourth-order valence-electron chi connectivity index (χ4n) is 2.44. The smallest absolute Gasteiger partial charge is 0.251 e. The lowest BCUT2D eigenvalue weighted by Crippen LogP contribution is -2.36.